The minimum atomic E-state index is -0.722. The van der Waals surface area contributed by atoms with E-state index in [9.17, 15) is 4.79 Å². The maximum atomic E-state index is 13.1. The van der Waals surface area contributed by atoms with Crippen LogP contribution in [0, 0.1) is 12.3 Å². The fourth-order valence-electron chi connectivity index (χ4n) is 3.89. The molecule has 0 saturated carbocycles. The Bertz CT molecular complexity index is 1220. The number of carbonyl (C=O) groups excluding carboxylic acids is 1. The molecule has 0 saturated heterocycles. The van der Waals surface area contributed by atoms with Gasteiger partial charge in [-0.2, -0.15) is 5.10 Å². The highest BCUT2D eigenvalue weighted by atomic mass is 32.2. The van der Waals surface area contributed by atoms with Crippen LogP contribution >= 0.6 is 11.8 Å². The Hall–Kier alpha value is -3.37. The van der Waals surface area contributed by atoms with Crippen molar-refractivity contribution < 1.29 is 9.90 Å². The van der Waals surface area contributed by atoms with Crippen molar-refractivity contribution in [1.29, 1.82) is 0 Å². The van der Waals surface area contributed by atoms with Crippen LogP contribution in [0.5, 0.6) is 0 Å². The number of aromatic nitrogens is 4. The topological polar surface area (TPSA) is 117 Å². The number of carbonyl (C=O) groups is 1. The van der Waals surface area contributed by atoms with Gasteiger partial charge >= 0.3 is 0 Å². The molecule has 1 unspecified atom stereocenters. The number of amides is 1. The quantitative estimate of drug-likeness (QED) is 0.376. The second-order valence-electron chi connectivity index (χ2n) is 9.43. The highest BCUT2D eigenvalue weighted by Crippen LogP contribution is 2.43. The van der Waals surface area contributed by atoms with Gasteiger partial charge in [-0.1, -0.05) is 44.7 Å². The molecule has 2 aromatic heterocycles. The van der Waals surface area contributed by atoms with Crippen LogP contribution < -0.4 is 16.0 Å². The van der Waals surface area contributed by atoms with Crippen LogP contribution in [0.2, 0.25) is 0 Å². The lowest BCUT2D eigenvalue weighted by molar-refractivity contribution is -0.126. The third-order valence-corrected chi connectivity index (χ3v) is 7.47. The number of nitrogens with zero attached hydrogens (tertiary/aromatic N) is 4. The summed E-state index contributed by atoms with van der Waals surface area (Å²) in [5.74, 6) is 0.431. The monoisotopic (exact) mass is 493 g/mol. The zero-order valence-electron chi connectivity index (χ0n) is 20.4. The molecule has 9 nitrogen and oxygen atoms in total. The van der Waals surface area contributed by atoms with Gasteiger partial charge in [0.1, 0.15) is 0 Å². The van der Waals surface area contributed by atoms with Gasteiger partial charge in [-0.15, -0.1) is 0 Å². The Morgan fingerprint density at radius 1 is 1.29 bits per heavy atom. The standard InChI is InChI=1S/C25H31N7O2S/c1-17-13-18(21-7-8-26-23(31-21)30-20-15-29-32(16-20)10-11-33)5-6-19(17)14-27-22(34)25(24(2,3)4)28-9-12-35-25/h5-9,12-13,15-16,28,33H,10-11,14H2,1-4H3,(H,27,34)(H,26,30,31). The van der Waals surface area contributed by atoms with E-state index >= 15 is 0 Å². The second-order valence-corrected chi connectivity index (χ2v) is 10.5. The second kappa shape index (κ2) is 10.1. The third-order valence-electron chi connectivity index (χ3n) is 5.93. The van der Waals surface area contributed by atoms with Gasteiger partial charge in [-0.05, 0) is 35.6 Å². The van der Waals surface area contributed by atoms with E-state index in [4.69, 9.17) is 5.11 Å². The molecular weight excluding hydrogens is 462 g/mol. The minimum Gasteiger partial charge on any atom is -0.394 e. The predicted molar refractivity (Wildman–Crippen MR) is 139 cm³/mol. The molecule has 4 rings (SSSR count). The van der Waals surface area contributed by atoms with Crippen LogP contribution in [-0.2, 0) is 17.9 Å². The van der Waals surface area contributed by atoms with Gasteiger partial charge in [0.05, 0.1) is 30.7 Å². The van der Waals surface area contributed by atoms with Gasteiger partial charge in [0.15, 0.2) is 4.87 Å². The average Bonchev–Trinajstić information content (AvgIpc) is 3.49. The number of benzene rings is 1. The summed E-state index contributed by atoms with van der Waals surface area (Å²) in [5, 5.41) is 24.7. The van der Waals surface area contributed by atoms with E-state index in [-0.39, 0.29) is 17.9 Å². The van der Waals surface area contributed by atoms with Gasteiger partial charge in [0, 0.05) is 36.1 Å². The number of rotatable bonds is 8. The summed E-state index contributed by atoms with van der Waals surface area (Å²) in [7, 11) is 0. The summed E-state index contributed by atoms with van der Waals surface area (Å²) in [6.07, 6.45) is 7.00. The van der Waals surface area contributed by atoms with E-state index in [1.165, 1.54) is 11.8 Å². The first-order valence-electron chi connectivity index (χ1n) is 11.4. The van der Waals surface area contributed by atoms with Gasteiger partial charge in [-0.3, -0.25) is 9.48 Å². The maximum absolute atomic E-state index is 13.1. The lowest BCUT2D eigenvalue weighted by Gasteiger charge is -2.39. The largest absolute Gasteiger partial charge is 0.394 e. The van der Waals surface area contributed by atoms with E-state index in [1.807, 2.05) is 36.7 Å². The minimum absolute atomic E-state index is 0.0245. The Labute approximate surface area is 209 Å². The van der Waals surface area contributed by atoms with Crippen LogP contribution in [0.4, 0.5) is 11.6 Å². The lowest BCUT2D eigenvalue weighted by atomic mass is 9.85. The van der Waals surface area contributed by atoms with Crippen molar-refractivity contribution >= 4 is 29.3 Å². The number of aliphatic hydroxyl groups excluding tert-OH is 1. The van der Waals surface area contributed by atoms with Crippen molar-refractivity contribution in [3.05, 3.63) is 65.6 Å². The zero-order valence-corrected chi connectivity index (χ0v) is 21.2. The summed E-state index contributed by atoms with van der Waals surface area (Å²) in [4.78, 5) is 21.3. The molecule has 1 aliphatic heterocycles. The van der Waals surface area contributed by atoms with Crippen LogP contribution in [0.15, 0.2) is 54.5 Å². The van der Waals surface area contributed by atoms with Gasteiger partial charge in [0.25, 0.3) is 5.91 Å². The molecule has 0 radical (unpaired) electrons. The number of hydrogen-bond acceptors (Lipinski definition) is 8. The zero-order chi connectivity index (χ0) is 25.1. The molecule has 1 atom stereocenters. The van der Waals surface area contributed by atoms with E-state index in [0.717, 1.165) is 28.1 Å². The van der Waals surface area contributed by atoms with Crippen molar-refractivity contribution in [3.8, 4) is 11.3 Å². The first-order chi connectivity index (χ1) is 16.7. The first kappa shape index (κ1) is 24.7. The maximum Gasteiger partial charge on any atom is 0.257 e. The van der Waals surface area contributed by atoms with E-state index in [0.29, 0.717) is 19.0 Å². The smallest absolute Gasteiger partial charge is 0.257 e. The molecule has 0 fully saturated rings. The highest BCUT2D eigenvalue weighted by Gasteiger charge is 2.49. The molecule has 4 N–H and O–H groups in total. The molecule has 1 amide bonds. The molecule has 0 spiro atoms. The predicted octanol–water partition coefficient (Wildman–Crippen LogP) is 3.55. The van der Waals surface area contributed by atoms with Gasteiger partial charge in [0.2, 0.25) is 5.95 Å². The number of aliphatic hydroxyl groups is 1. The van der Waals surface area contributed by atoms with Crippen molar-refractivity contribution in [2.24, 2.45) is 5.41 Å². The number of hydrogen-bond donors (Lipinski definition) is 4. The van der Waals surface area contributed by atoms with Crippen LogP contribution in [0.3, 0.4) is 0 Å². The normalized spacial score (nSPS) is 17.3. The fourth-order valence-corrected chi connectivity index (χ4v) is 4.90. The van der Waals surface area contributed by atoms with Gasteiger partial charge in [-0.25, -0.2) is 9.97 Å². The van der Waals surface area contributed by atoms with Crippen molar-refractivity contribution in [3.63, 3.8) is 0 Å². The van der Waals surface area contributed by atoms with Crippen molar-refractivity contribution in [1.82, 2.24) is 30.4 Å². The molecule has 184 valence electrons. The van der Waals surface area contributed by atoms with Crippen LogP contribution in [0.25, 0.3) is 11.3 Å². The molecule has 0 aliphatic carbocycles. The molecule has 10 heteroatoms. The van der Waals surface area contributed by atoms with Crippen molar-refractivity contribution in [2.75, 3.05) is 11.9 Å². The summed E-state index contributed by atoms with van der Waals surface area (Å²) in [6, 6.07) is 7.95. The molecule has 1 aromatic carbocycles. The SMILES string of the molecule is Cc1cc(-c2ccnc(Nc3cnn(CCO)c3)n2)ccc1CNC(=O)C1(C(C)(C)C)NC=CS1. The summed E-state index contributed by atoms with van der Waals surface area (Å²) in [5.41, 5.74) is 4.34. The van der Waals surface area contributed by atoms with Crippen molar-refractivity contribution in [2.45, 2.75) is 45.7 Å². The number of anilines is 2. The lowest BCUT2D eigenvalue weighted by Crippen LogP contribution is -2.58. The molecule has 1 aliphatic rings. The molecular formula is C25H31N7O2S. The van der Waals surface area contributed by atoms with Crippen LogP contribution in [0.1, 0.15) is 31.9 Å². The molecule has 35 heavy (non-hydrogen) atoms. The summed E-state index contributed by atoms with van der Waals surface area (Å²) < 4.78 is 1.65. The molecule has 3 heterocycles. The van der Waals surface area contributed by atoms with E-state index in [1.54, 1.807) is 23.3 Å². The fraction of sp³-hybridized carbons (Fsp3) is 0.360. The summed E-state index contributed by atoms with van der Waals surface area (Å²) in [6.45, 7) is 9.11. The summed E-state index contributed by atoms with van der Waals surface area (Å²) >= 11 is 1.51. The first-order valence-corrected chi connectivity index (χ1v) is 12.3. The third kappa shape index (κ3) is 5.33. The molecule has 0 bridgehead atoms. The van der Waals surface area contributed by atoms with E-state index < -0.39 is 4.87 Å². The van der Waals surface area contributed by atoms with Gasteiger partial charge < -0.3 is 21.1 Å². The highest BCUT2D eigenvalue weighted by molar-refractivity contribution is 8.04. The van der Waals surface area contributed by atoms with Crippen LogP contribution in [-0.4, -0.2) is 42.2 Å². The average molecular weight is 494 g/mol. The number of aryl methyl sites for hydroxylation is 1. The van der Waals surface area contributed by atoms with E-state index in [2.05, 4.69) is 57.9 Å². The molecule has 3 aromatic rings. The Balaban J connectivity index is 1.44. The Morgan fingerprint density at radius 2 is 2.11 bits per heavy atom. The number of thioether (sulfide) groups is 1. The number of nitrogens with one attached hydrogen (secondary N) is 3. The Morgan fingerprint density at radius 3 is 2.80 bits per heavy atom. The Kier molecular flexibility index (Phi) is 7.13.